The number of carbonyl (C=O) groups excluding carboxylic acids is 6. The van der Waals surface area contributed by atoms with Crippen molar-refractivity contribution in [1.29, 1.82) is 0 Å². The first kappa shape index (κ1) is 39.7. The molecule has 47 heavy (non-hydrogen) atoms. The molecule has 1 rings (SSSR count). The summed E-state index contributed by atoms with van der Waals surface area (Å²) in [5, 5.41) is 29.2. The predicted molar refractivity (Wildman–Crippen MR) is 167 cm³/mol. The van der Waals surface area contributed by atoms with Gasteiger partial charge in [-0.3, -0.25) is 33.8 Å². The number of aliphatic carboxylic acids is 1. The van der Waals surface area contributed by atoms with Gasteiger partial charge in [-0.05, 0) is 31.7 Å². The number of primary amides is 2. The van der Waals surface area contributed by atoms with E-state index in [1.54, 1.807) is 30.3 Å². The van der Waals surface area contributed by atoms with E-state index in [1.807, 2.05) is 0 Å². The van der Waals surface area contributed by atoms with E-state index in [0.717, 1.165) is 0 Å². The van der Waals surface area contributed by atoms with E-state index in [0.29, 0.717) is 5.56 Å². The van der Waals surface area contributed by atoms with Crippen LogP contribution in [0, 0.1) is 0 Å². The topological polar surface area (TPSA) is 351 Å². The summed E-state index contributed by atoms with van der Waals surface area (Å²) in [7, 11) is 0. The number of nitrogens with two attached hydrogens (primary N) is 5. The number of hydrogen-bond donors (Lipinski definition) is 11. The van der Waals surface area contributed by atoms with Crippen molar-refractivity contribution in [2.24, 2.45) is 33.7 Å². The Bertz CT molecular complexity index is 1290. The molecule has 0 aliphatic rings. The van der Waals surface area contributed by atoms with Gasteiger partial charge >= 0.3 is 5.97 Å². The number of carboxylic acids is 1. The average molecular weight is 665 g/mol. The minimum Gasteiger partial charge on any atom is -0.480 e. The van der Waals surface area contributed by atoms with Gasteiger partial charge in [0, 0.05) is 19.4 Å². The van der Waals surface area contributed by atoms with E-state index < -0.39 is 84.1 Å². The number of aliphatic imine (C=N–C) groups is 1. The zero-order valence-electron chi connectivity index (χ0n) is 25.9. The van der Waals surface area contributed by atoms with Gasteiger partial charge in [0.1, 0.15) is 24.2 Å². The molecule has 1 aromatic carbocycles. The molecular formula is C28H44N10O9. The number of amides is 6. The van der Waals surface area contributed by atoms with Gasteiger partial charge in [-0.15, -0.1) is 0 Å². The van der Waals surface area contributed by atoms with Crippen LogP contribution in [0.2, 0.25) is 0 Å². The number of benzene rings is 1. The molecule has 0 unspecified atom stereocenters. The first-order valence-corrected chi connectivity index (χ1v) is 14.6. The maximum atomic E-state index is 13.5. The Morgan fingerprint density at radius 1 is 0.766 bits per heavy atom. The van der Waals surface area contributed by atoms with Crippen LogP contribution >= 0.6 is 0 Å². The van der Waals surface area contributed by atoms with E-state index in [2.05, 4.69) is 26.3 Å². The Hall–Kier alpha value is -5.30. The smallest absolute Gasteiger partial charge is 0.326 e. The molecule has 0 saturated carbocycles. The number of guanidine groups is 1. The lowest BCUT2D eigenvalue weighted by Crippen LogP contribution is -2.60. The van der Waals surface area contributed by atoms with Crippen LogP contribution in [0.25, 0.3) is 0 Å². The Morgan fingerprint density at radius 2 is 1.34 bits per heavy atom. The number of hydrogen-bond acceptors (Lipinski definition) is 10. The van der Waals surface area contributed by atoms with Crippen LogP contribution < -0.4 is 49.9 Å². The normalized spacial score (nSPS) is 14.5. The van der Waals surface area contributed by atoms with Crippen LogP contribution in [-0.2, 0) is 40.0 Å². The Labute approximate surface area is 270 Å². The monoisotopic (exact) mass is 664 g/mol. The summed E-state index contributed by atoms with van der Waals surface area (Å²) in [6, 6.07) is 1.08. The average Bonchev–Trinajstić information content (AvgIpc) is 2.98. The molecule has 6 amide bonds. The highest BCUT2D eigenvalue weighted by molar-refractivity contribution is 5.96. The number of carboxylic acid groups (broad SMARTS) is 1. The van der Waals surface area contributed by atoms with Crippen LogP contribution in [0.5, 0.6) is 0 Å². The highest BCUT2D eigenvalue weighted by Crippen LogP contribution is 2.08. The largest absolute Gasteiger partial charge is 0.480 e. The molecule has 0 bridgehead atoms. The molecule has 0 spiro atoms. The molecular weight excluding hydrogens is 620 g/mol. The maximum absolute atomic E-state index is 13.5. The predicted octanol–water partition coefficient (Wildman–Crippen LogP) is -4.84. The van der Waals surface area contributed by atoms with E-state index in [-0.39, 0.29) is 44.6 Å². The van der Waals surface area contributed by atoms with Crippen molar-refractivity contribution < 1.29 is 43.8 Å². The van der Waals surface area contributed by atoms with Crippen LogP contribution in [-0.4, -0.2) is 100 Å². The van der Waals surface area contributed by atoms with Crippen LogP contribution in [0.3, 0.4) is 0 Å². The Balaban J connectivity index is 3.24. The zero-order valence-corrected chi connectivity index (χ0v) is 25.9. The lowest BCUT2D eigenvalue weighted by molar-refractivity contribution is -0.142. The van der Waals surface area contributed by atoms with Gasteiger partial charge in [0.05, 0.1) is 18.6 Å². The summed E-state index contributed by atoms with van der Waals surface area (Å²) in [5.41, 5.74) is 27.1. The molecule has 0 radical (unpaired) electrons. The number of rotatable bonds is 21. The van der Waals surface area contributed by atoms with Crippen molar-refractivity contribution in [1.82, 2.24) is 21.3 Å². The highest BCUT2D eigenvalue weighted by atomic mass is 16.4. The van der Waals surface area contributed by atoms with Crippen LogP contribution in [0.15, 0.2) is 35.3 Å². The van der Waals surface area contributed by atoms with E-state index in [4.69, 9.17) is 28.7 Å². The molecule has 19 nitrogen and oxygen atoms in total. The van der Waals surface area contributed by atoms with Gasteiger partial charge in [-0.2, -0.15) is 0 Å². The van der Waals surface area contributed by atoms with E-state index in [9.17, 15) is 43.8 Å². The summed E-state index contributed by atoms with van der Waals surface area (Å²) in [5.74, 6) is -7.12. The van der Waals surface area contributed by atoms with Gasteiger partial charge in [-0.25, -0.2) is 4.79 Å². The van der Waals surface area contributed by atoms with Crippen molar-refractivity contribution in [3.05, 3.63) is 35.9 Å². The molecule has 16 N–H and O–H groups in total. The standard InChI is InChI=1S/C28H44N10O9/c1-14(39)22(38-23(42)16(29)13-21(31)41)26(45)35-17(9-10-20(30)40)24(43)37-19(12-15-6-3-2-4-7-15)25(44)36-18(27(46)47)8-5-11-34-28(32)33/h2-4,6-7,14,16-19,22,39H,5,8-13,29H2,1H3,(H2,30,40)(H2,31,41)(H,35,45)(H,36,44)(H,37,43)(H,38,42)(H,46,47)(H4,32,33,34)/t14-,16+,17+,18+,19+,22+/m1/s1. The van der Waals surface area contributed by atoms with Crippen molar-refractivity contribution in [2.75, 3.05) is 6.54 Å². The van der Waals surface area contributed by atoms with Crippen molar-refractivity contribution in [2.45, 2.75) is 81.8 Å². The van der Waals surface area contributed by atoms with Crippen LogP contribution in [0.4, 0.5) is 0 Å². The number of aliphatic hydroxyl groups excluding tert-OH is 1. The fourth-order valence-corrected chi connectivity index (χ4v) is 4.16. The van der Waals surface area contributed by atoms with Crippen LogP contribution in [0.1, 0.15) is 44.6 Å². The Morgan fingerprint density at radius 3 is 1.87 bits per heavy atom. The minimum atomic E-state index is -1.66. The third-order valence-corrected chi connectivity index (χ3v) is 6.61. The summed E-state index contributed by atoms with van der Waals surface area (Å²) in [4.78, 5) is 90.7. The maximum Gasteiger partial charge on any atom is 0.326 e. The lowest BCUT2D eigenvalue weighted by atomic mass is 10.0. The van der Waals surface area contributed by atoms with E-state index in [1.165, 1.54) is 6.92 Å². The van der Waals surface area contributed by atoms with E-state index >= 15 is 0 Å². The molecule has 1 aromatic rings. The summed E-state index contributed by atoms with van der Waals surface area (Å²) in [6.45, 7) is 1.28. The Kier molecular flexibility index (Phi) is 16.9. The molecule has 0 aromatic heterocycles. The number of nitrogens with zero attached hydrogens (tertiary/aromatic N) is 1. The third-order valence-electron chi connectivity index (χ3n) is 6.61. The summed E-state index contributed by atoms with van der Waals surface area (Å²) < 4.78 is 0. The second-order valence-electron chi connectivity index (χ2n) is 10.7. The van der Waals surface area contributed by atoms with Gasteiger partial charge in [0.25, 0.3) is 0 Å². The van der Waals surface area contributed by atoms with Crippen molar-refractivity contribution in [3.63, 3.8) is 0 Å². The SMILES string of the molecule is C[C@@H](O)[C@H](NC(=O)[C@@H](N)CC(N)=O)C(=O)N[C@@H](CCC(N)=O)C(=O)N[C@@H](Cc1ccccc1)C(=O)N[C@@H](CCCN=C(N)N)C(=O)O. The molecule has 0 heterocycles. The molecule has 0 aliphatic heterocycles. The van der Waals surface area contributed by atoms with Gasteiger partial charge in [0.15, 0.2) is 5.96 Å². The molecule has 0 saturated heterocycles. The highest BCUT2D eigenvalue weighted by Gasteiger charge is 2.33. The summed E-state index contributed by atoms with van der Waals surface area (Å²) in [6.07, 6.45) is -2.74. The second kappa shape index (κ2) is 20.0. The van der Waals surface area contributed by atoms with Crippen molar-refractivity contribution in [3.8, 4) is 0 Å². The van der Waals surface area contributed by atoms with Gasteiger partial charge < -0.3 is 60.1 Å². The third kappa shape index (κ3) is 15.5. The molecule has 0 fully saturated rings. The molecule has 0 aliphatic carbocycles. The first-order chi connectivity index (χ1) is 22.0. The lowest BCUT2D eigenvalue weighted by Gasteiger charge is -2.27. The number of aliphatic hydroxyl groups is 1. The summed E-state index contributed by atoms with van der Waals surface area (Å²) >= 11 is 0. The number of nitrogens with one attached hydrogen (secondary N) is 4. The zero-order chi connectivity index (χ0) is 35.7. The first-order valence-electron chi connectivity index (χ1n) is 14.6. The minimum absolute atomic E-state index is 0.0449. The van der Waals surface area contributed by atoms with Gasteiger partial charge in [-0.1, -0.05) is 30.3 Å². The molecule has 6 atom stereocenters. The molecule has 19 heteroatoms. The fraction of sp³-hybridized carbons (Fsp3) is 0.500. The fourth-order valence-electron chi connectivity index (χ4n) is 4.16. The quantitative estimate of drug-likeness (QED) is 0.0335. The van der Waals surface area contributed by atoms with Crippen molar-refractivity contribution >= 4 is 47.4 Å². The molecule has 260 valence electrons. The number of carbonyl (C=O) groups is 7. The van der Waals surface area contributed by atoms with Gasteiger partial charge in [0.2, 0.25) is 35.4 Å². The second-order valence-corrected chi connectivity index (χ2v) is 10.7.